The molecule has 0 rings (SSSR count). The summed E-state index contributed by atoms with van der Waals surface area (Å²) in [6.45, 7) is 7.37. The summed E-state index contributed by atoms with van der Waals surface area (Å²) in [5.74, 6) is 0. The van der Waals surface area contributed by atoms with Gasteiger partial charge in [0.25, 0.3) is 0 Å². The zero-order valence-corrected chi connectivity index (χ0v) is 6.67. The minimum absolute atomic E-state index is 0.570. The average molecular weight is 144 g/mol. The molecular formula is C8H16O2. The quantitative estimate of drug-likeness (QED) is 0.580. The molecule has 0 unspecified atom stereocenters. The third kappa shape index (κ3) is 2.50. The van der Waals surface area contributed by atoms with Gasteiger partial charge < -0.3 is 10.2 Å². The Morgan fingerprint density at radius 3 is 2.20 bits per heavy atom. The molecule has 2 atom stereocenters. The Labute approximate surface area is 62.2 Å². The van der Waals surface area contributed by atoms with Crippen LogP contribution in [0.5, 0.6) is 0 Å². The fourth-order valence-corrected chi connectivity index (χ4v) is 0.704. The van der Waals surface area contributed by atoms with Crippen molar-refractivity contribution >= 4 is 0 Å². The van der Waals surface area contributed by atoms with Gasteiger partial charge in [0.2, 0.25) is 0 Å². The van der Waals surface area contributed by atoms with Crippen LogP contribution >= 0.6 is 0 Å². The van der Waals surface area contributed by atoms with E-state index in [1.807, 2.05) is 13.8 Å². The van der Waals surface area contributed by atoms with Crippen LogP contribution in [-0.4, -0.2) is 22.4 Å². The molecule has 10 heavy (non-hydrogen) atoms. The lowest BCUT2D eigenvalue weighted by atomic mass is 10.0. The summed E-state index contributed by atoms with van der Waals surface area (Å²) in [7, 11) is 0. The maximum Gasteiger partial charge on any atom is 0.101 e. The summed E-state index contributed by atoms with van der Waals surface area (Å²) in [6.07, 6.45) is -0.0965. The number of hydrogen-bond acceptors (Lipinski definition) is 2. The number of rotatable bonds is 4. The van der Waals surface area contributed by atoms with Crippen molar-refractivity contribution in [3.05, 3.63) is 12.2 Å². The zero-order chi connectivity index (χ0) is 8.15. The van der Waals surface area contributed by atoms with Crippen molar-refractivity contribution in [1.29, 1.82) is 0 Å². The number of hydrogen-bond donors (Lipinski definition) is 2. The van der Waals surface area contributed by atoms with E-state index in [2.05, 4.69) is 6.58 Å². The molecule has 0 aromatic carbocycles. The first-order valence-electron chi connectivity index (χ1n) is 3.67. The molecule has 0 aromatic rings. The number of aliphatic hydroxyl groups is 2. The molecule has 0 fully saturated rings. The maximum absolute atomic E-state index is 9.24. The predicted octanol–water partition coefficient (Wildman–Crippen LogP) is 1.08. The maximum atomic E-state index is 9.24. The van der Waals surface area contributed by atoms with E-state index in [0.29, 0.717) is 12.0 Å². The van der Waals surface area contributed by atoms with Crippen LogP contribution in [0.3, 0.4) is 0 Å². The summed E-state index contributed by atoms with van der Waals surface area (Å²) in [6, 6.07) is 0. The second-order valence-electron chi connectivity index (χ2n) is 2.43. The zero-order valence-electron chi connectivity index (χ0n) is 6.67. The highest BCUT2D eigenvalue weighted by atomic mass is 16.3. The minimum Gasteiger partial charge on any atom is -0.390 e. The molecule has 2 heteroatoms. The van der Waals surface area contributed by atoms with Crippen LogP contribution in [0, 0.1) is 0 Å². The molecular weight excluding hydrogens is 128 g/mol. The predicted molar refractivity (Wildman–Crippen MR) is 41.7 cm³/mol. The Balaban J connectivity index is 3.81. The van der Waals surface area contributed by atoms with Crippen LogP contribution in [-0.2, 0) is 0 Å². The van der Waals surface area contributed by atoms with Gasteiger partial charge in [0.15, 0.2) is 0 Å². The Bertz CT molecular complexity index is 110. The van der Waals surface area contributed by atoms with E-state index in [4.69, 9.17) is 5.11 Å². The highest BCUT2D eigenvalue weighted by molar-refractivity contribution is 5.02. The molecule has 0 bridgehead atoms. The van der Waals surface area contributed by atoms with Gasteiger partial charge >= 0.3 is 0 Å². The van der Waals surface area contributed by atoms with Crippen molar-refractivity contribution in [2.75, 3.05) is 0 Å². The van der Waals surface area contributed by atoms with Crippen LogP contribution in [0.4, 0.5) is 0 Å². The molecule has 0 amide bonds. The molecule has 0 aliphatic carbocycles. The van der Waals surface area contributed by atoms with E-state index < -0.39 is 12.2 Å². The Morgan fingerprint density at radius 2 is 1.90 bits per heavy atom. The molecule has 0 saturated heterocycles. The third-order valence-corrected chi connectivity index (χ3v) is 1.66. The highest BCUT2D eigenvalue weighted by Crippen LogP contribution is 2.09. The van der Waals surface area contributed by atoms with E-state index in [1.165, 1.54) is 0 Å². The van der Waals surface area contributed by atoms with Gasteiger partial charge in [0.05, 0.1) is 6.10 Å². The van der Waals surface area contributed by atoms with E-state index in [-0.39, 0.29) is 0 Å². The fourth-order valence-electron chi connectivity index (χ4n) is 0.704. The van der Waals surface area contributed by atoms with Crippen LogP contribution in [0.15, 0.2) is 12.2 Å². The van der Waals surface area contributed by atoms with Gasteiger partial charge in [-0.2, -0.15) is 0 Å². The lowest BCUT2D eigenvalue weighted by Gasteiger charge is -2.17. The van der Waals surface area contributed by atoms with Crippen molar-refractivity contribution in [1.82, 2.24) is 0 Å². The van der Waals surface area contributed by atoms with E-state index in [0.717, 1.165) is 6.42 Å². The van der Waals surface area contributed by atoms with Crippen LogP contribution in [0.1, 0.15) is 26.7 Å². The first-order valence-corrected chi connectivity index (χ1v) is 3.67. The molecule has 0 saturated carbocycles. The molecule has 0 heterocycles. The Hall–Kier alpha value is -0.340. The summed E-state index contributed by atoms with van der Waals surface area (Å²) < 4.78 is 0. The summed E-state index contributed by atoms with van der Waals surface area (Å²) in [5, 5.41) is 18.4. The van der Waals surface area contributed by atoms with Crippen molar-refractivity contribution in [2.45, 2.75) is 38.9 Å². The summed E-state index contributed by atoms with van der Waals surface area (Å²) >= 11 is 0. The standard InChI is InChI=1S/C8H16O2/c1-4-6(3)8(10)7(9)5-2/h7-10H,3-5H2,1-2H3/t7-,8+/m0/s1. The minimum atomic E-state index is -0.741. The van der Waals surface area contributed by atoms with Crippen LogP contribution in [0.2, 0.25) is 0 Å². The van der Waals surface area contributed by atoms with Gasteiger partial charge in [-0.15, -0.1) is 0 Å². The smallest absolute Gasteiger partial charge is 0.101 e. The van der Waals surface area contributed by atoms with E-state index in [9.17, 15) is 5.11 Å². The molecule has 0 radical (unpaired) electrons. The third-order valence-electron chi connectivity index (χ3n) is 1.66. The van der Waals surface area contributed by atoms with Gasteiger partial charge in [-0.3, -0.25) is 0 Å². The highest BCUT2D eigenvalue weighted by Gasteiger charge is 2.15. The van der Waals surface area contributed by atoms with Crippen LogP contribution in [0.25, 0.3) is 0 Å². The largest absolute Gasteiger partial charge is 0.390 e. The lowest BCUT2D eigenvalue weighted by Crippen LogP contribution is -2.26. The van der Waals surface area contributed by atoms with E-state index in [1.54, 1.807) is 0 Å². The van der Waals surface area contributed by atoms with Gasteiger partial charge in [-0.05, 0) is 18.4 Å². The van der Waals surface area contributed by atoms with Crippen molar-refractivity contribution in [3.8, 4) is 0 Å². The van der Waals surface area contributed by atoms with Gasteiger partial charge in [0.1, 0.15) is 6.10 Å². The molecule has 0 spiro atoms. The molecule has 2 N–H and O–H groups in total. The van der Waals surface area contributed by atoms with Crippen LogP contribution < -0.4 is 0 Å². The first kappa shape index (κ1) is 9.66. The van der Waals surface area contributed by atoms with Gasteiger partial charge in [0, 0.05) is 0 Å². The lowest BCUT2D eigenvalue weighted by molar-refractivity contribution is 0.0385. The molecule has 0 aliphatic rings. The average Bonchev–Trinajstić information content (AvgIpc) is 2.00. The molecule has 2 nitrogen and oxygen atoms in total. The van der Waals surface area contributed by atoms with E-state index >= 15 is 0 Å². The molecule has 60 valence electrons. The molecule has 0 aliphatic heterocycles. The normalized spacial score (nSPS) is 16.4. The van der Waals surface area contributed by atoms with Crippen molar-refractivity contribution < 1.29 is 10.2 Å². The van der Waals surface area contributed by atoms with Gasteiger partial charge in [-0.1, -0.05) is 20.4 Å². The van der Waals surface area contributed by atoms with Crippen molar-refractivity contribution in [3.63, 3.8) is 0 Å². The topological polar surface area (TPSA) is 40.5 Å². The Kier molecular flexibility index (Phi) is 4.32. The van der Waals surface area contributed by atoms with Gasteiger partial charge in [-0.25, -0.2) is 0 Å². The number of aliphatic hydroxyl groups excluding tert-OH is 2. The monoisotopic (exact) mass is 144 g/mol. The Morgan fingerprint density at radius 1 is 1.40 bits per heavy atom. The first-order chi connectivity index (χ1) is 4.63. The second-order valence-corrected chi connectivity index (χ2v) is 2.43. The molecule has 0 aromatic heterocycles. The fraction of sp³-hybridized carbons (Fsp3) is 0.750. The second kappa shape index (κ2) is 4.47. The SMILES string of the molecule is C=C(CC)[C@@H](O)[C@@H](O)CC. The summed E-state index contributed by atoms with van der Waals surface area (Å²) in [5.41, 5.74) is 0.703. The summed E-state index contributed by atoms with van der Waals surface area (Å²) in [4.78, 5) is 0. The van der Waals surface area contributed by atoms with Crippen molar-refractivity contribution in [2.24, 2.45) is 0 Å².